The van der Waals surface area contributed by atoms with Crippen molar-refractivity contribution in [3.8, 4) is 0 Å². The zero-order valence-electron chi connectivity index (χ0n) is 10.5. The summed E-state index contributed by atoms with van der Waals surface area (Å²) in [6, 6.07) is 3.99. The lowest BCUT2D eigenvalue weighted by molar-refractivity contribution is -0.133. The molecule has 1 aliphatic rings. The smallest absolute Gasteiger partial charge is 0.226 e. The minimum absolute atomic E-state index is 0.00372. The molecule has 1 amide bonds. The Bertz CT molecular complexity index is 387. The summed E-state index contributed by atoms with van der Waals surface area (Å²) < 4.78 is 7.52. The number of nitrogens with zero attached hydrogens (tertiary/aromatic N) is 1. The maximum Gasteiger partial charge on any atom is 0.226 e. The number of nitrogens with one attached hydrogen (secondary N) is 1. The molecule has 4 heteroatoms. The van der Waals surface area contributed by atoms with E-state index in [4.69, 9.17) is 4.74 Å². The molecule has 1 fully saturated rings. The van der Waals surface area contributed by atoms with Crippen LogP contribution in [0.4, 0.5) is 0 Å². The minimum atomic E-state index is 0.00372. The van der Waals surface area contributed by atoms with Crippen LogP contribution in [0.5, 0.6) is 0 Å². The van der Waals surface area contributed by atoms with Crippen LogP contribution in [0.1, 0.15) is 25.5 Å². The Morgan fingerprint density at radius 1 is 1.65 bits per heavy atom. The van der Waals surface area contributed by atoms with Gasteiger partial charge >= 0.3 is 0 Å². The van der Waals surface area contributed by atoms with E-state index in [1.165, 1.54) is 0 Å². The first-order chi connectivity index (χ1) is 8.18. The number of ether oxygens (including phenoxy) is 1. The van der Waals surface area contributed by atoms with Gasteiger partial charge in [0.2, 0.25) is 5.91 Å². The highest BCUT2D eigenvalue weighted by Gasteiger charge is 2.28. The van der Waals surface area contributed by atoms with E-state index in [9.17, 15) is 4.79 Å². The largest absolute Gasteiger partial charge is 0.378 e. The normalized spacial score (nSPS) is 24.6. The lowest BCUT2D eigenvalue weighted by Gasteiger charge is -2.28. The summed E-state index contributed by atoms with van der Waals surface area (Å²) in [7, 11) is 1.98. The van der Waals surface area contributed by atoms with Crippen molar-refractivity contribution in [3.63, 3.8) is 0 Å². The number of amides is 1. The summed E-state index contributed by atoms with van der Waals surface area (Å²) >= 11 is 0. The Hall–Kier alpha value is -1.29. The Labute approximate surface area is 102 Å². The van der Waals surface area contributed by atoms with Gasteiger partial charge in [-0.1, -0.05) is 0 Å². The molecule has 2 atom stereocenters. The van der Waals surface area contributed by atoms with Gasteiger partial charge in [0.25, 0.3) is 0 Å². The molecule has 1 N–H and O–H groups in total. The van der Waals surface area contributed by atoms with Crippen LogP contribution in [-0.2, 0) is 23.1 Å². The number of aromatic nitrogens is 1. The van der Waals surface area contributed by atoms with Gasteiger partial charge in [-0.2, -0.15) is 0 Å². The molecule has 1 aliphatic heterocycles. The van der Waals surface area contributed by atoms with Crippen molar-refractivity contribution in [2.45, 2.75) is 32.4 Å². The average molecular weight is 236 g/mol. The van der Waals surface area contributed by atoms with E-state index in [-0.39, 0.29) is 17.9 Å². The van der Waals surface area contributed by atoms with Gasteiger partial charge in [0.05, 0.1) is 18.6 Å². The Morgan fingerprint density at radius 2 is 2.47 bits per heavy atom. The molecular formula is C13H20N2O2. The molecule has 0 aliphatic carbocycles. The highest BCUT2D eigenvalue weighted by atomic mass is 16.5. The second kappa shape index (κ2) is 5.36. The van der Waals surface area contributed by atoms with Crippen LogP contribution in [0.15, 0.2) is 18.3 Å². The van der Waals surface area contributed by atoms with Gasteiger partial charge in [0.15, 0.2) is 0 Å². The second-order valence-corrected chi connectivity index (χ2v) is 4.65. The van der Waals surface area contributed by atoms with E-state index >= 15 is 0 Å². The third-order valence-electron chi connectivity index (χ3n) is 3.44. The molecule has 1 saturated heterocycles. The molecule has 17 heavy (non-hydrogen) atoms. The predicted octanol–water partition coefficient (Wildman–Crippen LogP) is 1.46. The highest BCUT2D eigenvalue weighted by molar-refractivity contribution is 5.79. The minimum Gasteiger partial charge on any atom is -0.378 e. The molecule has 4 nitrogen and oxygen atoms in total. The standard InChI is InChI=1S/C13H20N2O2/c1-10-12(6-4-8-17-10)13(16)14-9-11-5-3-7-15(11)2/h3,5,7,10,12H,4,6,8-9H2,1-2H3,(H,14,16)/t10-,12+/m0/s1. The SMILES string of the molecule is C[C@@H]1OCCC[C@H]1C(=O)NCc1cccn1C. The quantitative estimate of drug-likeness (QED) is 0.863. The van der Waals surface area contributed by atoms with Crippen LogP contribution in [0.25, 0.3) is 0 Å². The van der Waals surface area contributed by atoms with Crippen molar-refractivity contribution >= 4 is 5.91 Å². The maximum absolute atomic E-state index is 12.0. The number of hydrogen-bond acceptors (Lipinski definition) is 2. The van der Waals surface area contributed by atoms with Crippen LogP contribution in [0, 0.1) is 5.92 Å². The average Bonchev–Trinajstić information content (AvgIpc) is 2.72. The number of carbonyl (C=O) groups excluding carboxylic acids is 1. The molecule has 2 heterocycles. The van der Waals surface area contributed by atoms with Gasteiger partial charge < -0.3 is 14.6 Å². The molecular weight excluding hydrogens is 216 g/mol. The van der Waals surface area contributed by atoms with Gasteiger partial charge in [-0.25, -0.2) is 0 Å². The number of rotatable bonds is 3. The number of aryl methyl sites for hydroxylation is 1. The van der Waals surface area contributed by atoms with E-state index < -0.39 is 0 Å². The molecule has 0 spiro atoms. The second-order valence-electron chi connectivity index (χ2n) is 4.65. The van der Waals surface area contributed by atoms with Crippen LogP contribution in [0.2, 0.25) is 0 Å². The maximum atomic E-state index is 12.0. The first kappa shape index (κ1) is 12.2. The molecule has 0 radical (unpaired) electrons. The lowest BCUT2D eigenvalue weighted by atomic mass is 9.94. The first-order valence-electron chi connectivity index (χ1n) is 6.18. The van der Waals surface area contributed by atoms with Crippen LogP contribution in [0.3, 0.4) is 0 Å². The van der Waals surface area contributed by atoms with Gasteiger partial charge in [-0.3, -0.25) is 4.79 Å². The van der Waals surface area contributed by atoms with Crippen molar-refractivity contribution in [1.82, 2.24) is 9.88 Å². The molecule has 0 saturated carbocycles. The van der Waals surface area contributed by atoms with E-state index in [1.54, 1.807) is 0 Å². The summed E-state index contributed by atoms with van der Waals surface area (Å²) in [4.78, 5) is 12.0. The van der Waals surface area contributed by atoms with Crippen molar-refractivity contribution in [2.24, 2.45) is 13.0 Å². The van der Waals surface area contributed by atoms with Crippen molar-refractivity contribution in [1.29, 1.82) is 0 Å². The molecule has 0 bridgehead atoms. The molecule has 94 valence electrons. The molecule has 1 aromatic heterocycles. The van der Waals surface area contributed by atoms with E-state index in [1.807, 2.05) is 36.9 Å². The summed E-state index contributed by atoms with van der Waals surface area (Å²) in [5, 5.41) is 2.99. The first-order valence-corrected chi connectivity index (χ1v) is 6.18. The fraction of sp³-hybridized carbons (Fsp3) is 0.615. The number of hydrogen-bond donors (Lipinski definition) is 1. The van der Waals surface area contributed by atoms with Crippen LogP contribution < -0.4 is 5.32 Å². The summed E-state index contributed by atoms with van der Waals surface area (Å²) in [5.74, 6) is 0.113. The van der Waals surface area contributed by atoms with Crippen molar-refractivity contribution in [3.05, 3.63) is 24.0 Å². The van der Waals surface area contributed by atoms with Crippen molar-refractivity contribution < 1.29 is 9.53 Å². The fourth-order valence-electron chi connectivity index (χ4n) is 2.26. The summed E-state index contributed by atoms with van der Waals surface area (Å²) in [5.41, 5.74) is 1.11. The monoisotopic (exact) mass is 236 g/mol. The predicted molar refractivity (Wildman–Crippen MR) is 65.4 cm³/mol. The third-order valence-corrected chi connectivity index (χ3v) is 3.44. The number of carbonyl (C=O) groups is 1. The topological polar surface area (TPSA) is 43.3 Å². The molecule has 0 unspecified atom stereocenters. The van der Waals surface area contributed by atoms with E-state index in [2.05, 4.69) is 5.32 Å². The van der Waals surface area contributed by atoms with Gasteiger partial charge in [0, 0.05) is 25.5 Å². The van der Waals surface area contributed by atoms with Crippen molar-refractivity contribution in [2.75, 3.05) is 6.61 Å². The lowest BCUT2D eigenvalue weighted by Crippen LogP contribution is -2.40. The highest BCUT2D eigenvalue weighted by Crippen LogP contribution is 2.20. The van der Waals surface area contributed by atoms with Crippen LogP contribution >= 0.6 is 0 Å². The zero-order valence-corrected chi connectivity index (χ0v) is 10.5. The Kier molecular flexibility index (Phi) is 3.84. The Morgan fingerprint density at radius 3 is 3.12 bits per heavy atom. The Balaban J connectivity index is 1.86. The summed E-state index contributed by atoms with van der Waals surface area (Å²) in [6.45, 7) is 3.35. The van der Waals surface area contributed by atoms with Gasteiger partial charge in [-0.05, 0) is 31.9 Å². The van der Waals surface area contributed by atoms with Gasteiger partial charge in [-0.15, -0.1) is 0 Å². The van der Waals surface area contributed by atoms with E-state index in [0.29, 0.717) is 6.54 Å². The zero-order chi connectivity index (χ0) is 12.3. The van der Waals surface area contributed by atoms with Gasteiger partial charge in [0.1, 0.15) is 0 Å². The molecule has 0 aromatic carbocycles. The third kappa shape index (κ3) is 2.88. The molecule has 2 rings (SSSR count). The van der Waals surface area contributed by atoms with E-state index in [0.717, 1.165) is 25.1 Å². The fourth-order valence-corrected chi connectivity index (χ4v) is 2.26. The summed E-state index contributed by atoms with van der Waals surface area (Å²) in [6.07, 6.45) is 3.93. The van der Waals surface area contributed by atoms with Crippen LogP contribution in [-0.4, -0.2) is 23.2 Å². The molecule has 1 aromatic rings.